The summed E-state index contributed by atoms with van der Waals surface area (Å²) in [7, 11) is 0. The molecule has 206 valence electrons. The second-order valence-corrected chi connectivity index (χ2v) is 11.5. The Morgan fingerprint density at radius 3 is 2.50 bits per heavy atom. The largest absolute Gasteiger partial charge is 0.471 e. The third kappa shape index (κ3) is 5.40. The van der Waals surface area contributed by atoms with E-state index >= 15 is 0 Å². The molecule has 0 aromatic heterocycles. The Hall–Kier alpha value is -3.04. The van der Waals surface area contributed by atoms with E-state index in [0.717, 1.165) is 23.8 Å². The van der Waals surface area contributed by atoms with E-state index in [1.165, 1.54) is 12.1 Å². The number of imide groups is 1. The van der Waals surface area contributed by atoms with Gasteiger partial charge in [0.05, 0.1) is 29.3 Å². The zero-order chi connectivity index (χ0) is 28.0. The first-order valence-corrected chi connectivity index (χ1v) is 12.6. The van der Waals surface area contributed by atoms with E-state index in [1.54, 1.807) is 20.8 Å². The number of nitriles is 1. The molecule has 1 aliphatic carbocycles. The van der Waals surface area contributed by atoms with E-state index in [9.17, 15) is 37.2 Å². The van der Waals surface area contributed by atoms with Gasteiger partial charge in [0.25, 0.3) is 5.91 Å². The first-order chi connectivity index (χ1) is 17.7. The molecule has 1 saturated heterocycles. The van der Waals surface area contributed by atoms with Gasteiger partial charge in [0.2, 0.25) is 5.91 Å². The summed E-state index contributed by atoms with van der Waals surface area (Å²) < 4.78 is 53.1. The van der Waals surface area contributed by atoms with Gasteiger partial charge in [-0.05, 0) is 47.9 Å². The summed E-state index contributed by atoms with van der Waals surface area (Å²) in [6.07, 6.45) is -2.86. The predicted octanol–water partition coefficient (Wildman–Crippen LogP) is 2.67. The van der Waals surface area contributed by atoms with Crippen molar-refractivity contribution in [1.82, 2.24) is 16.0 Å². The van der Waals surface area contributed by atoms with Crippen molar-refractivity contribution in [2.24, 2.45) is 11.3 Å². The number of halogens is 4. The Balaban J connectivity index is 1.61. The maximum atomic E-state index is 14.3. The summed E-state index contributed by atoms with van der Waals surface area (Å²) in [6.45, 7) is 4.94. The number of amides is 3. The molecule has 0 bridgehead atoms. The summed E-state index contributed by atoms with van der Waals surface area (Å²) in [5.74, 6) is -3.59. The van der Waals surface area contributed by atoms with Crippen molar-refractivity contribution in [2.45, 2.75) is 76.2 Å². The number of nitrogens with one attached hydrogen (secondary N) is 3. The van der Waals surface area contributed by atoms with Crippen LogP contribution < -0.4 is 20.9 Å². The molecule has 2 fully saturated rings. The second kappa shape index (κ2) is 9.93. The minimum absolute atomic E-state index is 0.0700. The normalized spacial score (nSPS) is 24.7. The molecular formula is C26H31F4N5O3. The molecule has 8 nitrogen and oxygen atoms in total. The van der Waals surface area contributed by atoms with Crippen molar-refractivity contribution >= 4 is 23.4 Å². The van der Waals surface area contributed by atoms with Crippen LogP contribution in [0, 0.1) is 28.5 Å². The van der Waals surface area contributed by atoms with Crippen LogP contribution in [0.25, 0.3) is 0 Å². The van der Waals surface area contributed by atoms with Crippen LogP contribution >= 0.6 is 0 Å². The minimum Gasteiger partial charge on any atom is -0.344 e. The molecule has 3 aliphatic rings. The zero-order valence-electron chi connectivity index (χ0n) is 21.4. The molecular weight excluding hydrogens is 506 g/mol. The number of nitrogens with zero attached hydrogens (tertiary/aromatic N) is 2. The number of benzene rings is 1. The predicted molar refractivity (Wildman–Crippen MR) is 129 cm³/mol. The average molecular weight is 538 g/mol. The van der Waals surface area contributed by atoms with Gasteiger partial charge in [-0.3, -0.25) is 14.4 Å². The lowest BCUT2D eigenvalue weighted by molar-refractivity contribution is -0.175. The van der Waals surface area contributed by atoms with Crippen molar-refractivity contribution < 1.29 is 31.9 Å². The molecule has 1 aromatic carbocycles. The van der Waals surface area contributed by atoms with Gasteiger partial charge < -0.3 is 16.0 Å². The van der Waals surface area contributed by atoms with E-state index in [0.29, 0.717) is 12.0 Å². The molecule has 12 heteroatoms. The Bertz CT molecular complexity index is 1170. The van der Waals surface area contributed by atoms with Gasteiger partial charge in [-0.2, -0.15) is 18.4 Å². The van der Waals surface area contributed by atoms with Crippen LogP contribution in [0.5, 0.6) is 0 Å². The first-order valence-electron chi connectivity index (χ1n) is 12.6. The van der Waals surface area contributed by atoms with Gasteiger partial charge in [0.1, 0.15) is 5.82 Å². The van der Waals surface area contributed by atoms with Crippen LogP contribution in [-0.2, 0) is 19.8 Å². The molecule has 3 amide bonds. The molecule has 2 aliphatic heterocycles. The van der Waals surface area contributed by atoms with Crippen LogP contribution in [0.4, 0.5) is 23.2 Å². The Kier molecular flexibility index (Phi) is 7.31. The number of fused-ring (bicyclic) bond motifs is 2. The highest BCUT2D eigenvalue weighted by molar-refractivity contribution is 6.24. The van der Waals surface area contributed by atoms with E-state index < -0.39 is 58.7 Å². The number of anilines is 1. The number of rotatable bonds is 7. The maximum absolute atomic E-state index is 14.3. The third-order valence-corrected chi connectivity index (χ3v) is 7.65. The monoisotopic (exact) mass is 537 g/mol. The van der Waals surface area contributed by atoms with Crippen molar-refractivity contribution in [3.8, 4) is 6.07 Å². The minimum atomic E-state index is -5.06. The SMILES string of the molecule is CC(C)(C)[C@@H](CN[C@@H](CC1CC1)C(=O)N1C(=O)[C@@]2(CN[C@H](C#N)C2)c2cc(F)ccc21)NC(=O)C(F)(F)F. The Morgan fingerprint density at radius 1 is 1.26 bits per heavy atom. The number of carbonyl (C=O) groups is 3. The van der Waals surface area contributed by atoms with E-state index in [4.69, 9.17) is 0 Å². The lowest BCUT2D eigenvalue weighted by Crippen LogP contribution is -2.57. The van der Waals surface area contributed by atoms with Crippen LogP contribution in [0.3, 0.4) is 0 Å². The van der Waals surface area contributed by atoms with Gasteiger partial charge in [-0.25, -0.2) is 9.29 Å². The van der Waals surface area contributed by atoms with Crippen LogP contribution in [-0.4, -0.2) is 55.1 Å². The van der Waals surface area contributed by atoms with Crippen molar-refractivity contribution in [3.05, 3.63) is 29.6 Å². The Morgan fingerprint density at radius 2 is 1.95 bits per heavy atom. The first kappa shape index (κ1) is 28.0. The molecule has 1 spiro atoms. The van der Waals surface area contributed by atoms with Gasteiger partial charge in [-0.1, -0.05) is 33.6 Å². The topological polar surface area (TPSA) is 114 Å². The van der Waals surface area contributed by atoms with Crippen LogP contribution in [0.15, 0.2) is 18.2 Å². The molecule has 2 heterocycles. The van der Waals surface area contributed by atoms with Gasteiger partial charge in [0.15, 0.2) is 0 Å². The molecule has 0 unspecified atom stereocenters. The fourth-order valence-corrected chi connectivity index (χ4v) is 5.18. The summed E-state index contributed by atoms with van der Waals surface area (Å²) >= 11 is 0. The van der Waals surface area contributed by atoms with Gasteiger partial charge >= 0.3 is 12.1 Å². The van der Waals surface area contributed by atoms with E-state index in [1.807, 2.05) is 5.32 Å². The molecule has 38 heavy (non-hydrogen) atoms. The molecule has 4 rings (SSSR count). The standard InChI is InChI=1S/C26H31F4N5O3/c1-24(2,3)20(34-22(37)26(28,29)30)12-32-18(8-14-4-5-14)21(36)35-19-7-6-15(27)9-17(19)25(23(35)38)10-16(11-31)33-13-25/h6-7,9,14,16,18,20,32-33H,4-5,8,10,12-13H2,1-3H3,(H,34,37)/t16-,18-,20+,25-/m0/s1. The third-order valence-electron chi connectivity index (χ3n) is 7.65. The van der Waals surface area contributed by atoms with E-state index in [-0.39, 0.29) is 31.1 Å². The molecule has 1 aromatic rings. The van der Waals surface area contributed by atoms with Crippen LogP contribution in [0.1, 0.15) is 52.0 Å². The molecule has 0 radical (unpaired) electrons. The average Bonchev–Trinajstić information content (AvgIpc) is 3.49. The van der Waals surface area contributed by atoms with E-state index in [2.05, 4.69) is 16.7 Å². The van der Waals surface area contributed by atoms with Crippen molar-refractivity contribution in [3.63, 3.8) is 0 Å². The van der Waals surface area contributed by atoms with Crippen LogP contribution in [0.2, 0.25) is 0 Å². The number of alkyl halides is 3. The highest BCUT2D eigenvalue weighted by Crippen LogP contribution is 2.47. The summed E-state index contributed by atoms with van der Waals surface area (Å²) in [5, 5.41) is 17.4. The Labute approximate surface area is 218 Å². The fraction of sp³-hybridized carbons (Fsp3) is 0.615. The lowest BCUT2D eigenvalue weighted by atomic mass is 9.79. The highest BCUT2D eigenvalue weighted by atomic mass is 19.4. The second-order valence-electron chi connectivity index (χ2n) is 11.5. The summed E-state index contributed by atoms with van der Waals surface area (Å²) in [5.41, 5.74) is -1.48. The molecule has 1 saturated carbocycles. The quantitative estimate of drug-likeness (QED) is 0.461. The molecule has 3 N–H and O–H groups in total. The fourth-order valence-electron chi connectivity index (χ4n) is 5.18. The summed E-state index contributed by atoms with van der Waals surface area (Å²) in [6, 6.07) is 3.27. The van der Waals surface area contributed by atoms with Gasteiger partial charge in [0, 0.05) is 19.1 Å². The highest BCUT2D eigenvalue weighted by Gasteiger charge is 2.57. The summed E-state index contributed by atoms with van der Waals surface area (Å²) in [4.78, 5) is 40.4. The number of carbonyl (C=O) groups excluding carboxylic acids is 3. The van der Waals surface area contributed by atoms with Crippen molar-refractivity contribution in [2.75, 3.05) is 18.0 Å². The number of hydrogen-bond acceptors (Lipinski definition) is 6. The maximum Gasteiger partial charge on any atom is 0.471 e. The smallest absolute Gasteiger partial charge is 0.344 e. The van der Waals surface area contributed by atoms with Crippen molar-refractivity contribution in [1.29, 1.82) is 5.26 Å². The lowest BCUT2D eigenvalue weighted by Gasteiger charge is -2.34. The molecule has 4 atom stereocenters. The number of hydrogen-bond donors (Lipinski definition) is 3. The zero-order valence-corrected chi connectivity index (χ0v) is 21.4. The van der Waals surface area contributed by atoms with Gasteiger partial charge in [-0.15, -0.1) is 0 Å².